The number of primary amides is 2. The third kappa shape index (κ3) is 11.0. The monoisotopic (exact) mass is 301 g/mol. The zero-order valence-corrected chi connectivity index (χ0v) is 12.1. The predicted molar refractivity (Wildman–Crippen MR) is 76.3 cm³/mol. The van der Waals surface area contributed by atoms with Gasteiger partial charge in [-0.1, -0.05) is 29.8 Å². The van der Waals surface area contributed by atoms with Gasteiger partial charge in [0.15, 0.2) is 0 Å². The summed E-state index contributed by atoms with van der Waals surface area (Å²) in [5.74, 6) is -0.216. The van der Waals surface area contributed by atoms with E-state index in [9.17, 15) is 18.0 Å². The van der Waals surface area contributed by atoms with Crippen LogP contribution in [0.15, 0.2) is 24.3 Å². The van der Waals surface area contributed by atoms with E-state index < -0.39 is 16.9 Å². The van der Waals surface area contributed by atoms with Crippen molar-refractivity contribution in [3.05, 3.63) is 35.4 Å². The third-order valence-corrected chi connectivity index (χ3v) is 2.61. The van der Waals surface area contributed by atoms with Crippen LogP contribution in [-0.2, 0) is 22.1 Å². The number of rotatable bonds is 5. The molecule has 0 saturated carbocycles. The average molecular weight is 301 g/mol. The highest BCUT2D eigenvalue weighted by atomic mass is 32.2. The number of nitrogens with one attached hydrogen (secondary N) is 1. The van der Waals surface area contributed by atoms with Crippen LogP contribution in [0.25, 0.3) is 0 Å². The van der Waals surface area contributed by atoms with Gasteiger partial charge >= 0.3 is 6.03 Å². The molecule has 112 valence electrons. The van der Waals surface area contributed by atoms with Gasteiger partial charge in [0.2, 0.25) is 16.8 Å². The van der Waals surface area contributed by atoms with Gasteiger partial charge in [0, 0.05) is 6.42 Å². The van der Waals surface area contributed by atoms with E-state index in [0.29, 0.717) is 6.42 Å². The zero-order valence-electron chi connectivity index (χ0n) is 11.2. The van der Waals surface area contributed by atoms with Crippen LogP contribution >= 0.6 is 0 Å². The predicted octanol–water partition coefficient (Wildman–Crippen LogP) is -0.0159. The molecule has 1 aromatic carbocycles. The molecule has 0 atom stereocenters. The molecule has 20 heavy (non-hydrogen) atoms. The van der Waals surface area contributed by atoms with Gasteiger partial charge in [0.1, 0.15) is 0 Å². The minimum absolute atomic E-state index is 0.216. The first kappa shape index (κ1) is 17.9. The summed E-state index contributed by atoms with van der Waals surface area (Å²) < 4.78 is 20.3. The number of aryl methyl sites for hydroxylation is 2. The fourth-order valence-corrected chi connectivity index (χ4v) is 1.49. The smallest absolute Gasteiger partial charge is 0.325 e. The Kier molecular flexibility index (Phi) is 8.77. The highest BCUT2D eigenvalue weighted by Crippen LogP contribution is 2.06. The van der Waals surface area contributed by atoms with E-state index in [1.807, 2.05) is 0 Å². The maximum atomic E-state index is 10.5. The lowest BCUT2D eigenvalue weighted by Gasteiger charge is -2.00. The summed E-state index contributed by atoms with van der Waals surface area (Å²) in [7, 11) is -2.86. The minimum atomic E-state index is -2.86. The van der Waals surface area contributed by atoms with E-state index in [1.165, 1.54) is 15.8 Å². The highest BCUT2D eigenvalue weighted by molar-refractivity contribution is 7.70. The fraction of sp³-hybridized carbons (Fsp3) is 0.333. The molecule has 0 heterocycles. The lowest BCUT2D eigenvalue weighted by atomic mass is 10.1. The number of urea groups is 1. The number of nitrogens with two attached hydrogens (primary N) is 2. The molecule has 0 saturated heterocycles. The largest absolute Gasteiger partial charge is 0.370 e. The van der Waals surface area contributed by atoms with Crippen molar-refractivity contribution in [1.29, 1.82) is 0 Å². The second kappa shape index (κ2) is 9.79. The molecule has 1 rings (SSSR count). The molecule has 8 heteroatoms. The van der Waals surface area contributed by atoms with E-state index >= 15 is 0 Å². The van der Waals surface area contributed by atoms with Crippen molar-refractivity contribution >= 4 is 22.8 Å². The van der Waals surface area contributed by atoms with Crippen LogP contribution in [0.2, 0.25) is 0 Å². The molecule has 0 unspecified atom stereocenters. The zero-order chi connectivity index (χ0) is 15.5. The Labute approximate surface area is 119 Å². The van der Waals surface area contributed by atoms with E-state index in [2.05, 4.69) is 36.9 Å². The summed E-state index contributed by atoms with van der Waals surface area (Å²) in [5, 5.41) is 0. The van der Waals surface area contributed by atoms with Gasteiger partial charge in [-0.25, -0.2) is 17.9 Å². The maximum absolute atomic E-state index is 10.5. The van der Waals surface area contributed by atoms with Crippen molar-refractivity contribution in [3.63, 3.8) is 0 Å². The van der Waals surface area contributed by atoms with Crippen LogP contribution in [0.1, 0.15) is 24.0 Å². The average Bonchev–Trinajstić information content (AvgIpc) is 2.30. The van der Waals surface area contributed by atoms with Gasteiger partial charge in [-0.3, -0.25) is 4.79 Å². The fourth-order valence-electron chi connectivity index (χ4n) is 1.31. The van der Waals surface area contributed by atoms with Gasteiger partial charge in [-0.15, -0.1) is 0 Å². The molecule has 0 spiro atoms. The minimum Gasteiger partial charge on any atom is -0.370 e. The van der Waals surface area contributed by atoms with Crippen molar-refractivity contribution in [3.8, 4) is 0 Å². The molecule has 0 bridgehead atoms. The number of amides is 3. The molecule has 1 aromatic rings. The van der Waals surface area contributed by atoms with Crippen LogP contribution in [0, 0.1) is 6.92 Å². The van der Waals surface area contributed by atoms with Crippen LogP contribution < -0.4 is 16.2 Å². The number of thiol groups is 1. The number of hydrogen-bond acceptors (Lipinski definition) is 4. The number of hydrogen-bond donors (Lipinski definition) is 4. The number of carbonyl (C=O) groups is 2. The SMILES string of the molecule is Cc1ccc(CCCC(N)=O)cc1.NC(=O)N[SH](=O)=O. The molecule has 7 nitrogen and oxygen atoms in total. The van der Waals surface area contributed by atoms with Crippen molar-refractivity contribution in [1.82, 2.24) is 4.72 Å². The molecule has 0 aliphatic carbocycles. The Morgan fingerprint density at radius 1 is 1.15 bits per heavy atom. The normalized spacial score (nSPS) is 9.50. The van der Waals surface area contributed by atoms with Crippen molar-refractivity contribution in [2.45, 2.75) is 26.2 Å². The first-order valence-electron chi connectivity index (χ1n) is 5.85. The molecule has 0 aromatic heterocycles. The van der Waals surface area contributed by atoms with E-state index in [4.69, 9.17) is 5.73 Å². The van der Waals surface area contributed by atoms with Crippen molar-refractivity contribution in [2.75, 3.05) is 0 Å². The lowest BCUT2D eigenvalue weighted by Crippen LogP contribution is -2.27. The first-order chi connectivity index (χ1) is 9.31. The Balaban J connectivity index is 0.000000441. The molecular weight excluding hydrogens is 282 g/mol. The number of carbonyl (C=O) groups excluding carboxylic acids is 2. The maximum Gasteiger partial charge on any atom is 0.325 e. The van der Waals surface area contributed by atoms with Gasteiger partial charge in [-0.05, 0) is 25.3 Å². The summed E-state index contributed by atoms with van der Waals surface area (Å²) in [4.78, 5) is 20.0. The quantitative estimate of drug-likeness (QED) is 0.569. The van der Waals surface area contributed by atoms with Crippen LogP contribution in [-0.4, -0.2) is 20.4 Å². The van der Waals surface area contributed by atoms with Gasteiger partial charge in [0.05, 0.1) is 0 Å². The van der Waals surface area contributed by atoms with Crippen LogP contribution in [0.4, 0.5) is 4.79 Å². The van der Waals surface area contributed by atoms with E-state index in [-0.39, 0.29) is 5.91 Å². The van der Waals surface area contributed by atoms with Crippen LogP contribution in [0.3, 0.4) is 0 Å². The highest BCUT2D eigenvalue weighted by Gasteiger charge is 1.96. The second-order valence-electron chi connectivity index (χ2n) is 4.04. The van der Waals surface area contributed by atoms with Crippen molar-refractivity contribution in [2.24, 2.45) is 11.5 Å². The van der Waals surface area contributed by atoms with Gasteiger partial charge in [0.25, 0.3) is 0 Å². The Bertz CT molecular complexity index is 504. The molecule has 0 aliphatic heterocycles. The molecule has 5 N–H and O–H groups in total. The second-order valence-corrected chi connectivity index (χ2v) is 4.78. The summed E-state index contributed by atoms with van der Waals surface area (Å²) in [6, 6.07) is 7.29. The Hall–Kier alpha value is -2.09. The molecule has 3 amide bonds. The molecule has 0 fully saturated rings. The molecular formula is C12H19N3O4S. The van der Waals surface area contributed by atoms with Gasteiger partial charge < -0.3 is 11.5 Å². The topological polar surface area (TPSA) is 132 Å². The molecule has 0 aliphatic rings. The summed E-state index contributed by atoms with van der Waals surface area (Å²) in [6.07, 6.45) is 2.26. The first-order valence-corrected chi connectivity index (χ1v) is 7.03. The van der Waals surface area contributed by atoms with Gasteiger partial charge in [-0.2, -0.15) is 0 Å². The third-order valence-electron chi connectivity index (χ3n) is 2.21. The summed E-state index contributed by atoms with van der Waals surface area (Å²) >= 11 is 0. The van der Waals surface area contributed by atoms with E-state index in [0.717, 1.165) is 12.8 Å². The standard InChI is InChI=1S/C11H15NO.CH4N2O3S/c1-9-5-7-10(8-6-9)3-2-4-11(12)13;2-1(4)3-7(5)6/h5-8H,2-4H2,1H3,(H2,12,13);7H,(H3,2,3,4,5,6). The summed E-state index contributed by atoms with van der Waals surface area (Å²) in [5.41, 5.74) is 11.9. The lowest BCUT2D eigenvalue weighted by molar-refractivity contribution is -0.118. The Morgan fingerprint density at radius 2 is 1.70 bits per heavy atom. The summed E-state index contributed by atoms with van der Waals surface area (Å²) in [6.45, 7) is 2.06. The molecule has 0 radical (unpaired) electrons. The van der Waals surface area contributed by atoms with Crippen molar-refractivity contribution < 1.29 is 18.0 Å². The van der Waals surface area contributed by atoms with Crippen LogP contribution in [0.5, 0.6) is 0 Å². The number of benzene rings is 1. The Morgan fingerprint density at radius 3 is 2.05 bits per heavy atom. The van der Waals surface area contributed by atoms with E-state index in [1.54, 1.807) is 0 Å².